The molecule has 21 heavy (non-hydrogen) atoms. The van der Waals surface area contributed by atoms with E-state index in [-0.39, 0.29) is 11.8 Å². The Bertz CT molecular complexity index is 594. The predicted molar refractivity (Wildman–Crippen MR) is 89.4 cm³/mol. The van der Waals surface area contributed by atoms with Gasteiger partial charge in [-0.15, -0.1) is 0 Å². The van der Waals surface area contributed by atoms with Crippen LogP contribution in [-0.4, -0.2) is 17.4 Å². The first-order chi connectivity index (χ1) is 10.1. The summed E-state index contributed by atoms with van der Waals surface area (Å²) in [6.45, 7) is 7.10. The van der Waals surface area contributed by atoms with E-state index in [1.54, 1.807) is 11.3 Å². The van der Waals surface area contributed by atoms with Gasteiger partial charge in [0, 0.05) is 23.2 Å². The van der Waals surface area contributed by atoms with Crippen molar-refractivity contribution in [1.29, 1.82) is 0 Å². The number of thiophene rings is 1. The molecule has 4 nitrogen and oxygen atoms in total. The molecule has 0 spiro atoms. The summed E-state index contributed by atoms with van der Waals surface area (Å²) in [5.41, 5.74) is 2.39. The Kier molecular flexibility index (Phi) is 5.33. The standard InChI is InChI=1S/C16H21N3OS/c1-4-6-17-15-9-12(8-14(19-15)11(2)3)16(20)18-13-5-7-21-10-13/h5,7-11H,4,6H2,1-3H3,(H,17,19)(H,18,20). The van der Waals surface area contributed by atoms with Crippen molar-refractivity contribution in [3.63, 3.8) is 0 Å². The third kappa shape index (κ3) is 4.29. The molecule has 0 aromatic carbocycles. The average Bonchev–Trinajstić information content (AvgIpc) is 2.97. The van der Waals surface area contributed by atoms with Gasteiger partial charge < -0.3 is 10.6 Å². The molecule has 0 fully saturated rings. The highest BCUT2D eigenvalue weighted by Crippen LogP contribution is 2.19. The third-order valence-electron chi connectivity index (χ3n) is 3.03. The van der Waals surface area contributed by atoms with Crippen molar-refractivity contribution in [2.75, 3.05) is 17.2 Å². The number of nitrogens with one attached hydrogen (secondary N) is 2. The second-order valence-electron chi connectivity index (χ2n) is 5.21. The van der Waals surface area contributed by atoms with Gasteiger partial charge in [0.05, 0.1) is 5.69 Å². The average molecular weight is 303 g/mol. The fourth-order valence-corrected chi connectivity index (χ4v) is 2.45. The molecule has 2 heterocycles. The molecule has 0 atom stereocenters. The van der Waals surface area contributed by atoms with Crippen LogP contribution in [0.5, 0.6) is 0 Å². The van der Waals surface area contributed by atoms with E-state index in [0.29, 0.717) is 5.56 Å². The number of carbonyl (C=O) groups excluding carboxylic acids is 1. The van der Waals surface area contributed by atoms with Crippen LogP contribution in [0.1, 0.15) is 49.2 Å². The summed E-state index contributed by atoms with van der Waals surface area (Å²) in [4.78, 5) is 16.9. The first-order valence-electron chi connectivity index (χ1n) is 7.19. The van der Waals surface area contributed by atoms with E-state index < -0.39 is 0 Å². The van der Waals surface area contributed by atoms with E-state index in [0.717, 1.165) is 30.2 Å². The van der Waals surface area contributed by atoms with Crippen molar-refractivity contribution in [3.05, 3.63) is 40.2 Å². The molecule has 0 aliphatic heterocycles. The molecular weight excluding hydrogens is 282 g/mol. The van der Waals surface area contributed by atoms with Crippen LogP contribution in [0, 0.1) is 0 Å². The number of nitrogens with zero attached hydrogens (tertiary/aromatic N) is 1. The van der Waals surface area contributed by atoms with Crippen molar-refractivity contribution in [2.45, 2.75) is 33.1 Å². The number of carbonyl (C=O) groups is 1. The Labute approximate surface area is 129 Å². The number of aromatic nitrogens is 1. The van der Waals surface area contributed by atoms with Crippen molar-refractivity contribution in [2.24, 2.45) is 0 Å². The maximum Gasteiger partial charge on any atom is 0.255 e. The highest BCUT2D eigenvalue weighted by molar-refractivity contribution is 7.08. The number of rotatable bonds is 6. The van der Waals surface area contributed by atoms with Gasteiger partial charge in [0.2, 0.25) is 0 Å². The minimum absolute atomic E-state index is 0.0998. The lowest BCUT2D eigenvalue weighted by Gasteiger charge is -2.12. The highest BCUT2D eigenvalue weighted by atomic mass is 32.1. The van der Waals surface area contributed by atoms with Crippen molar-refractivity contribution >= 4 is 28.7 Å². The summed E-state index contributed by atoms with van der Waals surface area (Å²) >= 11 is 1.56. The summed E-state index contributed by atoms with van der Waals surface area (Å²) in [5.74, 6) is 0.942. The van der Waals surface area contributed by atoms with E-state index in [1.807, 2.05) is 29.0 Å². The molecule has 0 radical (unpaired) electrons. The normalized spacial score (nSPS) is 10.7. The smallest absolute Gasteiger partial charge is 0.255 e. The fraction of sp³-hybridized carbons (Fsp3) is 0.375. The lowest BCUT2D eigenvalue weighted by atomic mass is 10.1. The maximum atomic E-state index is 12.4. The molecule has 0 saturated heterocycles. The molecular formula is C16H21N3OS. The molecule has 0 aliphatic carbocycles. The number of hydrogen-bond donors (Lipinski definition) is 2. The molecule has 112 valence electrons. The van der Waals surface area contributed by atoms with Crippen molar-refractivity contribution in [3.8, 4) is 0 Å². The van der Waals surface area contributed by atoms with E-state index in [1.165, 1.54) is 0 Å². The number of pyridine rings is 1. The maximum absolute atomic E-state index is 12.4. The second kappa shape index (κ2) is 7.22. The number of amides is 1. The van der Waals surface area contributed by atoms with Crippen LogP contribution in [0.3, 0.4) is 0 Å². The first kappa shape index (κ1) is 15.5. The largest absolute Gasteiger partial charge is 0.370 e. The monoisotopic (exact) mass is 303 g/mol. The molecule has 0 saturated carbocycles. The second-order valence-corrected chi connectivity index (χ2v) is 5.99. The van der Waals surface area contributed by atoms with Gasteiger partial charge in [-0.3, -0.25) is 4.79 Å². The van der Waals surface area contributed by atoms with Crippen LogP contribution in [0.2, 0.25) is 0 Å². The van der Waals surface area contributed by atoms with Gasteiger partial charge in [-0.25, -0.2) is 4.98 Å². The van der Waals surface area contributed by atoms with Crippen LogP contribution in [0.15, 0.2) is 29.0 Å². The number of anilines is 2. The Balaban J connectivity index is 2.23. The molecule has 0 unspecified atom stereocenters. The van der Waals surface area contributed by atoms with Gasteiger partial charge in [0.15, 0.2) is 0 Å². The predicted octanol–water partition coefficient (Wildman–Crippen LogP) is 4.34. The van der Waals surface area contributed by atoms with Crippen LogP contribution < -0.4 is 10.6 Å². The van der Waals surface area contributed by atoms with Gasteiger partial charge in [-0.2, -0.15) is 11.3 Å². The zero-order valence-corrected chi connectivity index (χ0v) is 13.5. The lowest BCUT2D eigenvalue weighted by Crippen LogP contribution is -2.14. The molecule has 0 aliphatic rings. The quantitative estimate of drug-likeness (QED) is 0.834. The summed E-state index contributed by atoms with van der Waals surface area (Å²) in [5, 5.41) is 10.0. The Hall–Kier alpha value is -1.88. The van der Waals surface area contributed by atoms with Gasteiger partial charge in [0.1, 0.15) is 5.82 Å². The van der Waals surface area contributed by atoms with E-state index in [9.17, 15) is 4.79 Å². The van der Waals surface area contributed by atoms with Crippen LogP contribution >= 0.6 is 11.3 Å². The summed E-state index contributed by atoms with van der Waals surface area (Å²) < 4.78 is 0. The minimum Gasteiger partial charge on any atom is -0.370 e. The third-order valence-corrected chi connectivity index (χ3v) is 3.72. The van der Waals surface area contributed by atoms with Crippen molar-refractivity contribution in [1.82, 2.24) is 4.98 Å². The molecule has 0 bridgehead atoms. The van der Waals surface area contributed by atoms with Gasteiger partial charge >= 0.3 is 0 Å². The zero-order chi connectivity index (χ0) is 15.2. The Morgan fingerprint density at radius 2 is 2.19 bits per heavy atom. The molecule has 2 N–H and O–H groups in total. The molecule has 2 aromatic heterocycles. The van der Waals surface area contributed by atoms with Crippen molar-refractivity contribution < 1.29 is 4.79 Å². The van der Waals surface area contributed by atoms with Crippen LogP contribution in [-0.2, 0) is 0 Å². The number of hydrogen-bond acceptors (Lipinski definition) is 4. The first-order valence-corrected chi connectivity index (χ1v) is 8.13. The van der Waals surface area contributed by atoms with Gasteiger partial charge in [-0.05, 0) is 35.9 Å². The fourth-order valence-electron chi connectivity index (χ4n) is 1.86. The van der Waals surface area contributed by atoms with Gasteiger partial charge in [0.25, 0.3) is 5.91 Å². The minimum atomic E-state index is -0.0998. The summed E-state index contributed by atoms with van der Waals surface area (Å²) in [6.07, 6.45) is 1.02. The summed E-state index contributed by atoms with van der Waals surface area (Å²) in [7, 11) is 0. The van der Waals surface area contributed by atoms with E-state index in [4.69, 9.17) is 0 Å². The molecule has 5 heteroatoms. The lowest BCUT2D eigenvalue weighted by molar-refractivity contribution is 0.102. The molecule has 2 aromatic rings. The Morgan fingerprint density at radius 3 is 2.81 bits per heavy atom. The van der Waals surface area contributed by atoms with Crippen LogP contribution in [0.25, 0.3) is 0 Å². The molecule has 1 amide bonds. The zero-order valence-electron chi connectivity index (χ0n) is 12.6. The summed E-state index contributed by atoms with van der Waals surface area (Å²) in [6, 6.07) is 5.57. The Morgan fingerprint density at radius 1 is 1.38 bits per heavy atom. The van der Waals surface area contributed by atoms with E-state index in [2.05, 4.69) is 36.4 Å². The highest BCUT2D eigenvalue weighted by Gasteiger charge is 2.12. The molecule has 2 rings (SSSR count). The SMILES string of the molecule is CCCNc1cc(C(=O)Nc2ccsc2)cc(C(C)C)n1. The van der Waals surface area contributed by atoms with E-state index >= 15 is 0 Å². The van der Waals surface area contributed by atoms with Gasteiger partial charge in [-0.1, -0.05) is 20.8 Å². The topological polar surface area (TPSA) is 54.0 Å². The van der Waals surface area contributed by atoms with Crippen LogP contribution in [0.4, 0.5) is 11.5 Å².